The van der Waals surface area contributed by atoms with Crippen LogP contribution in [-0.4, -0.2) is 12.4 Å². The van der Waals surface area contributed by atoms with E-state index >= 15 is 0 Å². The summed E-state index contributed by atoms with van der Waals surface area (Å²) < 4.78 is 15.6. The molecule has 0 aliphatic rings. The highest BCUT2D eigenvalue weighted by molar-refractivity contribution is 5.88. The zero-order chi connectivity index (χ0) is 18.7. The molecule has 6 heteroatoms. The normalized spacial score (nSPS) is 10.3. The van der Waals surface area contributed by atoms with Crippen molar-refractivity contribution in [1.29, 1.82) is 0 Å². The van der Waals surface area contributed by atoms with Crippen molar-refractivity contribution in [3.63, 3.8) is 0 Å². The Morgan fingerprint density at radius 1 is 1.08 bits per heavy atom. The average molecular weight is 350 g/mol. The molecule has 3 aromatic rings. The summed E-state index contributed by atoms with van der Waals surface area (Å²) in [6.45, 7) is 5.37. The van der Waals surface area contributed by atoms with E-state index in [-0.39, 0.29) is 11.2 Å². The summed E-state index contributed by atoms with van der Waals surface area (Å²) in [7, 11) is 0. The maximum atomic E-state index is 12.3. The van der Waals surface area contributed by atoms with Crippen LogP contribution in [0.4, 0.5) is 0 Å². The van der Waals surface area contributed by atoms with Gasteiger partial charge in [-0.3, -0.25) is 9.59 Å². The lowest BCUT2D eigenvalue weighted by Crippen LogP contribution is -2.07. The van der Waals surface area contributed by atoms with Crippen molar-refractivity contribution in [2.45, 2.75) is 6.92 Å². The van der Waals surface area contributed by atoms with Gasteiger partial charge in [-0.15, -0.1) is 0 Å². The standard InChI is InChI=1S/C20H14O6/c1-12(2)20(23)25-14-5-3-13(4-6-14)19-10-17(22)16-9-15(24-11-21)7-8-18(16)26-19/h3-11H,1H2,2H3. The Hall–Kier alpha value is -3.67. The topological polar surface area (TPSA) is 82.8 Å². The molecule has 6 nitrogen and oxygen atoms in total. The molecular weight excluding hydrogens is 336 g/mol. The first-order valence-corrected chi connectivity index (χ1v) is 7.64. The molecule has 3 rings (SSSR count). The van der Waals surface area contributed by atoms with Crippen molar-refractivity contribution in [3.05, 3.63) is 70.9 Å². The second-order valence-corrected chi connectivity index (χ2v) is 5.54. The van der Waals surface area contributed by atoms with Crippen molar-refractivity contribution in [2.24, 2.45) is 0 Å². The minimum absolute atomic E-state index is 0.260. The van der Waals surface area contributed by atoms with Gasteiger partial charge >= 0.3 is 5.97 Å². The summed E-state index contributed by atoms with van der Waals surface area (Å²) in [6.07, 6.45) is 0. The molecule has 0 amide bonds. The molecule has 26 heavy (non-hydrogen) atoms. The zero-order valence-corrected chi connectivity index (χ0v) is 13.9. The van der Waals surface area contributed by atoms with Gasteiger partial charge in [-0.05, 0) is 49.4 Å². The van der Waals surface area contributed by atoms with Gasteiger partial charge in [-0.1, -0.05) is 6.58 Å². The number of esters is 1. The van der Waals surface area contributed by atoms with Crippen LogP contribution in [0.2, 0.25) is 0 Å². The van der Waals surface area contributed by atoms with Gasteiger partial charge in [0.15, 0.2) is 5.43 Å². The van der Waals surface area contributed by atoms with Crippen LogP contribution in [-0.2, 0) is 9.59 Å². The Bertz CT molecular complexity index is 1060. The Morgan fingerprint density at radius 3 is 2.42 bits per heavy atom. The van der Waals surface area contributed by atoms with Crippen LogP contribution in [0.3, 0.4) is 0 Å². The molecule has 1 aromatic heterocycles. The van der Waals surface area contributed by atoms with E-state index in [0.29, 0.717) is 40.1 Å². The third-order valence-electron chi connectivity index (χ3n) is 3.58. The Labute approximate surface area is 148 Å². The molecule has 0 bridgehead atoms. The Morgan fingerprint density at radius 2 is 1.77 bits per heavy atom. The summed E-state index contributed by atoms with van der Waals surface area (Å²) in [5.74, 6) is 0.476. The lowest BCUT2D eigenvalue weighted by Gasteiger charge is -2.06. The number of ether oxygens (including phenoxy) is 2. The van der Waals surface area contributed by atoms with Crippen molar-refractivity contribution < 1.29 is 23.5 Å². The first-order valence-electron chi connectivity index (χ1n) is 7.64. The van der Waals surface area contributed by atoms with E-state index in [2.05, 4.69) is 6.58 Å². The SMILES string of the molecule is C=C(C)C(=O)Oc1ccc(-c2cc(=O)c3cc(OC=O)ccc3o2)cc1. The number of carbonyl (C=O) groups is 2. The highest BCUT2D eigenvalue weighted by Crippen LogP contribution is 2.26. The average Bonchev–Trinajstić information content (AvgIpc) is 2.63. The van der Waals surface area contributed by atoms with Gasteiger partial charge in [0.25, 0.3) is 6.47 Å². The number of hydrogen-bond donors (Lipinski definition) is 0. The molecule has 0 aliphatic carbocycles. The molecule has 130 valence electrons. The van der Waals surface area contributed by atoms with Crippen LogP contribution in [0.5, 0.6) is 11.5 Å². The Balaban J connectivity index is 1.94. The summed E-state index contributed by atoms with van der Waals surface area (Å²) >= 11 is 0. The largest absolute Gasteiger partial charge is 0.456 e. The molecular formula is C20H14O6. The maximum Gasteiger partial charge on any atom is 0.338 e. The van der Waals surface area contributed by atoms with Gasteiger partial charge in [-0.2, -0.15) is 0 Å². The monoisotopic (exact) mass is 350 g/mol. The number of benzene rings is 2. The zero-order valence-electron chi connectivity index (χ0n) is 13.9. The van der Waals surface area contributed by atoms with E-state index in [1.54, 1.807) is 37.3 Å². The molecule has 0 unspecified atom stereocenters. The number of hydrogen-bond acceptors (Lipinski definition) is 6. The highest BCUT2D eigenvalue weighted by Gasteiger charge is 2.10. The smallest absolute Gasteiger partial charge is 0.338 e. The van der Waals surface area contributed by atoms with Crippen molar-refractivity contribution in [3.8, 4) is 22.8 Å². The first-order chi connectivity index (χ1) is 12.5. The quantitative estimate of drug-likeness (QED) is 0.303. The Kier molecular flexibility index (Phi) is 4.66. The van der Waals surface area contributed by atoms with E-state index in [4.69, 9.17) is 13.9 Å². The van der Waals surface area contributed by atoms with Gasteiger partial charge in [0, 0.05) is 17.2 Å². The first kappa shape index (κ1) is 17.2. The summed E-state index contributed by atoms with van der Waals surface area (Å²) in [5.41, 5.74) is 1.04. The van der Waals surface area contributed by atoms with Gasteiger partial charge in [0.05, 0.1) is 5.39 Å². The van der Waals surface area contributed by atoms with E-state index in [1.165, 1.54) is 18.2 Å². The molecule has 0 aliphatic heterocycles. The second-order valence-electron chi connectivity index (χ2n) is 5.54. The number of rotatable bonds is 5. The third kappa shape index (κ3) is 3.54. The molecule has 1 heterocycles. The van der Waals surface area contributed by atoms with Crippen LogP contribution in [0.15, 0.2) is 69.9 Å². The fourth-order valence-corrected chi connectivity index (χ4v) is 2.29. The van der Waals surface area contributed by atoms with Gasteiger partial charge in [-0.25, -0.2) is 4.79 Å². The van der Waals surface area contributed by atoms with Crippen LogP contribution in [0.25, 0.3) is 22.3 Å². The minimum atomic E-state index is -0.511. The molecule has 0 saturated carbocycles. The van der Waals surface area contributed by atoms with Crippen LogP contribution in [0, 0.1) is 0 Å². The molecule has 0 spiro atoms. The molecule has 0 atom stereocenters. The second kappa shape index (κ2) is 7.06. The lowest BCUT2D eigenvalue weighted by molar-refractivity contribution is -0.130. The minimum Gasteiger partial charge on any atom is -0.456 e. The van der Waals surface area contributed by atoms with E-state index in [9.17, 15) is 14.4 Å². The summed E-state index contributed by atoms with van der Waals surface area (Å²) in [5, 5.41) is 0.306. The summed E-state index contributed by atoms with van der Waals surface area (Å²) in [4.78, 5) is 34.3. The van der Waals surface area contributed by atoms with Crippen LogP contribution in [0.1, 0.15) is 6.92 Å². The predicted molar refractivity (Wildman–Crippen MR) is 95.1 cm³/mol. The molecule has 0 radical (unpaired) electrons. The molecule has 0 fully saturated rings. The van der Waals surface area contributed by atoms with E-state index in [1.807, 2.05) is 0 Å². The predicted octanol–water partition coefficient (Wildman–Crippen LogP) is 3.48. The number of carbonyl (C=O) groups excluding carboxylic acids is 2. The van der Waals surface area contributed by atoms with Gasteiger partial charge < -0.3 is 13.9 Å². The molecule has 0 saturated heterocycles. The van der Waals surface area contributed by atoms with Crippen LogP contribution < -0.4 is 14.9 Å². The summed E-state index contributed by atoms with van der Waals surface area (Å²) in [6, 6.07) is 12.4. The highest BCUT2D eigenvalue weighted by atomic mass is 16.5. The van der Waals surface area contributed by atoms with Crippen molar-refractivity contribution in [1.82, 2.24) is 0 Å². The van der Waals surface area contributed by atoms with Crippen molar-refractivity contribution in [2.75, 3.05) is 0 Å². The lowest BCUT2D eigenvalue weighted by atomic mass is 10.1. The van der Waals surface area contributed by atoms with Crippen molar-refractivity contribution >= 4 is 23.4 Å². The molecule has 0 N–H and O–H groups in total. The van der Waals surface area contributed by atoms with E-state index < -0.39 is 5.97 Å². The van der Waals surface area contributed by atoms with E-state index in [0.717, 1.165) is 0 Å². The fraction of sp³-hybridized carbons (Fsp3) is 0.0500. The third-order valence-corrected chi connectivity index (χ3v) is 3.58. The van der Waals surface area contributed by atoms with Gasteiger partial charge in [0.1, 0.15) is 22.8 Å². The maximum absolute atomic E-state index is 12.3. The fourth-order valence-electron chi connectivity index (χ4n) is 2.29. The molecule has 2 aromatic carbocycles. The number of fused-ring (bicyclic) bond motifs is 1. The van der Waals surface area contributed by atoms with Gasteiger partial charge in [0.2, 0.25) is 0 Å². The van der Waals surface area contributed by atoms with Crippen LogP contribution >= 0.6 is 0 Å².